The van der Waals surface area contributed by atoms with Crippen molar-refractivity contribution in [2.45, 2.75) is 38.2 Å². The van der Waals surface area contributed by atoms with E-state index in [2.05, 4.69) is 10.1 Å². The fourth-order valence-corrected chi connectivity index (χ4v) is 4.22. The third kappa shape index (κ3) is 5.81. The number of aromatic nitrogens is 2. The van der Waals surface area contributed by atoms with E-state index in [-0.39, 0.29) is 42.2 Å². The maximum atomic E-state index is 13.8. The molecule has 0 saturated carbocycles. The van der Waals surface area contributed by atoms with E-state index >= 15 is 0 Å². The van der Waals surface area contributed by atoms with Crippen LogP contribution in [0.2, 0.25) is 0 Å². The Hall–Kier alpha value is -3.77. The van der Waals surface area contributed by atoms with Gasteiger partial charge in [0.2, 0.25) is 11.7 Å². The minimum Gasteiger partial charge on any atom is -0.493 e. The zero-order chi connectivity index (χ0) is 27.0. The molecule has 1 aliphatic heterocycles. The highest BCUT2D eigenvalue weighted by atomic mass is 19.4. The van der Waals surface area contributed by atoms with Crippen molar-refractivity contribution in [1.82, 2.24) is 15.0 Å². The van der Waals surface area contributed by atoms with Gasteiger partial charge in [-0.1, -0.05) is 24.2 Å². The number of nitrogens with zero attached hydrogens (tertiary/aromatic N) is 3. The molecule has 0 bridgehead atoms. The lowest BCUT2D eigenvalue weighted by atomic mass is 10.0. The topological polar surface area (TPSA) is 101 Å². The number of alkyl halides is 6. The first-order valence-electron chi connectivity index (χ1n) is 11.3. The summed E-state index contributed by atoms with van der Waals surface area (Å²) in [6.45, 7) is 2.27. The third-order valence-electron chi connectivity index (χ3n) is 6.18. The Morgan fingerprint density at radius 3 is 2.43 bits per heavy atom. The van der Waals surface area contributed by atoms with Crippen LogP contribution in [0.3, 0.4) is 0 Å². The van der Waals surface area contributed by atoms with Crippen LogP contribution >= 0.6 is 0 Å². The highest BCUT2D eigenvalue weighted by Gasteiger charge is 2.38. The molecule has 2 atom stereocenters. The standard InChI is InChI=1S/C24H23F6N5O2/c1-13-8-10-35(22(31)32)19(13)21-33-20(34-37-21)15-4-7-18(17(12-15)24(28,29)30)36-11-9-14-2-5-16(6-3-14)23(25,26)27/h2-7,12-13,19H,8-11H2,1H3,(H3,31,32)/t13?,19-/m0/s1. The molecule has 1 unspecified atom stereocenters. The van der Waals surface area contributed by atoms with E-state index in [1.807, 2.05) is 6.92 Å². The number of ether oxygens (including phenoxy) is 1. The Labute approximate surface area is 207 Å². The van der Waals surface area contributed by atoms with Gasteiger partial charge in [0.1, 0.15) is 11.8 Å². The van der Waals surface area contributed by atoms with Gasteiger partial charge in [-0.05, 0) is 48.2 Å². The maximum absolute atomic E-state index is 13.8. The van der Waals surface area contributed by atoms with Gasteiger partial charge in [0.05, 0.1) is 17.7 Å². The average Bonchev–Trinajstić information content (AvgIpc) is 3.45. The lowest BCUT2D eigenvalue weighted by molar-refractivity contribution is -0.139. The number of benzene rings is 2. The largest absolute Gasteiger partial charge is 0.493 e. The van der Waals surface area contributed by atoms with Crippen LogP contribution < -0.4 is 10.5 Å². The van der Waals surface area contributed by atoms with Crippen molar-refractivity contribution in [2.24, 2.45) is 11.7 Å². The molecule has 3 N–H and O–H groups in total. The second kappa shape index (κ2) is 9.94. The van der Waals surface area contributed by atoms with Gasteiger partial charge >= 0.3 is 12.4 Å². The van der Waals surface area contributed by atoms with Gasteiger partial charge in [0.15, 0.2) is 5.96 Å². The van der Waals surface area contributed by atoms with Crippen LogP contribution in [-0.4, -0.2) is 34.2 Å². The van der Waals surface area contributed by atoms with Crippen LogP contribution in [-0.2, 0) is 18.8 Å². The number of rotatable bonds is 6. The van der Waals surface area contributed by atoms with Gasteiger partial charge in [-0.2, -0.15) is 31.3 Å². The SMILES string of the molecule is CC1CCN(C(=N)N)[C@@H]1c1nc(-c2ccc(OCCc3ccc(C(F)(F)F)cc3)c(C(F)(F)F)c2)no1. The zero-order valence-corrected chi connectivity index (χ0v) is 19.5. The monoisotopic (exact) mass is 527 g/mol. The zero-order valence-electron chi connectivity index (χ0n) is 19.5. The van der Waals surface area contributed by atoms with Gasteiger partial charge in [-0.15, -0.1) is 0 Å². The van der Waals surface area contributed by atoms with Crippen LogP contribution in [0.25, 0.3) is 11.4 Å². The minimum absolute atomic E-state index is 0.0448. The summed E-state index contributed by atoms with van der Waals surface area (Å²) < 4.78 is 90.1. The van der Waals surface area contributed by atoms with Gasteiger partial charge in [-0.25, -0.2) is 0 Å². The first-order chi connectivity index (χ1) is 17.3. The molecule has 1 saturated heterocycles. The van der Waals surface area contributed by atoms with Crippen molar-refractivity contribution in [3.63, 3.8) is 0 Å². The molecule has 0 aliphatic carbocycles. The van der Waals surface area contributed by atoms with Gasteiger partial charge in [0.25, 0.3) is 0 Å². The Morgan fingerprint density at radius 2 is 1.81 bits per heavy atom. The Morgan fingerprint density at radius 1 is 1.11 bits per heavy atom. The van der Waals surface area contributed by atoms with E-state index in [0.717, 1.165) is 30.7 Å². The van der Waals surface area contributed by atoms with E-state index < -0.39 is 35.3 Å². The summed E-state index contributed by atoms with van der Waals surface area (Å²) >= 11 is 0. The van der Waals surface area contributed by atoms with E-state index in [1.54, 1.807) is 4.90 Å². The summed E-state index contributed by atoms with van der Waals surface area (Å²) in [6.07, 6.45) is -8.38. The minimum atomic E-state index is -4.75. The molecule has 3 aromatic rings. The Balaban J connectivity index is 1.50. The number of hydrogen-bond acceptors (Lipinski definition) is 5. The van der Waals surface area contributed by atoms with E-state index in [4.69, 9.17) is 20.4 Å². The molecule has 2 heterocycles. The van der Waals surface area contributed by atoms with Crippen LogP contribution in [0.15, 0.2) is 47.0 Å². The van der Waals surface area contributed by atoms with Crippen molar-refractivity contribution < 1.29 is 35.6 Å². The lowest BCUT2D eigenvalue weighted by Gasteiger charge is -2.23. The van der Waals surface area contributed by atoms with E-state index in [0.29, 0.717) is 12.1 Å². The van der Waals surface area contributed by atoms with Crippen LogP contribution in [0.1, 0.15) is 42.0 Å². The van der Waals surface area contributed by atoms with Crippen LogP contribution in [0.5, 0.6) is 5.75 Å². The van der Waals surface area contributed by atoms with Gasteiger partial charge < -0.3 is 19.9 Å². The molecular formula is C24H23F6N5O2. The predicted octanol–water partition coefficient (Wildman–Crippen LogP) is 5.67. The van der Waals surface area contributed by atoms with Gasteiger partial charge in [0, 0.05) is 18.5 Å². The molecule has 198 valence electrons. The van der Waals surface area contributed by atoms with Crippen LogP contribution in [0, 0.1) is 11.3 Å². The first kappa shape index (κ1) is 26.3. The number of nitrogens with two attached hydrogens (primary N) is 1. The third-order valence-corrected chi connectivity index (χ3v) is 6.18. The molecule has 2 aromatic carbocycles. The van der Waals surface area contributed by atoms with Crippen molar-refractivity contribution in [1.29, 1.82) is 5.41 Å². The Bertz CT molecular complexity index is 1260. The summed E-state index contributed by atoms with van der Waals surface area (Å²) in [5, 5.41) is 11.6. The molecule has 0 spiro atoms. The second-order valence-corrected chi connectivity index (χ2v) is 8.75. The molecule has 1 aromatic heterocycles. The molecule has 0 amide bonds. The normalized spacial score (nSPS) is 18.3. The quantitative estimate of drug-likeness (QED) is 0.243. The average molecular weight is 527 g/mol. The number of hydrogen-bond donors (Lipinski definition) is 2. The first-order valence-corrected chi connectivity index (χ1v) is 11.3. The van der Waals surface area contributed by atoms with E-state index in [1.165, 1.54) is 18.2 Å². The van der Waals surface area contributed by atoms with Crippen molar-refractivity contribution in [3.05, 3.63) is 65.0 Å². The molecular weight excluding hydrogens is 504 g/mol. The highest BCUT2D eigenvalue weighted by molar-refractivity contribution is 5.75. The van der Waals surface area contributed by atoms with Crippen molar-refractivity contribution in [2.75, 3.05) is 13.2 Å². The summed E-state index contributed by atoms with van der Waals surface area (Å²) in [4.78, 5) is 5.86. The number of nitrogens with one attached hydrogen (secondary N) is 1. The summed E-state index contributed by atoms with van der Waals surface area (Å²) in [5.74, 6) is -0.450. The molecule has 1 aliphatic rings. The molecule has 1 fully saturated rings. The number of halogens is 6. The summed E-state index contributed by atoms with van der Waals surface area (Å²) in [6, 6.07) is 7.23. The summed E-state index contributed by atoms with van der Waals surface area (Å²) in [7, 11) is 0. The number of guanidine groups is 1. The van der Waals surface area contributed by atoms with Gasteiger partial charge in [-0.3, -0.25) is 5.41 Å². The highest BCUT2D eigenvalue weighted by Crippen LogP contribution is 2.40. The Kier molecular flexibility index (Phi) is 7.07. The fourth-order valence-electron chi connectivity index (χ4n) is 4.22. The smallest absolute Gasteiger partial charge is 0.419 e. The van der Waals surface area contributed by atoms with Crippen molar-refractivity contribution in [3.8, 4) is 17.1 Å². The van der Waals surface area contributed by atoms with E-state index in [9.17, 15) is 26.3 Å². The fraction of sp³-hybridized carbons (Fsp3) is 0.375. The molecule has 37 heavy (non-hydrogen) atoms. The second-order valence-electron chi connectivity index (χ2n) is 8.75. The number of likely N-dealkylation sites (tertiary alicyclic amines) is 1. The molecule has 4 rings (SSSR count). The summed E-state index contributed by atoms with van der Waals surface area (Å²) in [5.41, 5.74) is 4.30. The molecule has 7 nitrogen and oxygen atoms in total. The molecule has 0 radical (unpaired) electrons. The van der Waals surface area contributed by atoms with Crippen molar-refractivity contribution >= 4 is 5.96 Å². The lowest BCUT2D eigenvalue weighted by Crippen LogP contribution is -2.36. The van der Waals surface area contributed by atoms with Crippen LogP contribution in [0.4, 0.5) is 26.3 Å². The maximum Gasteiger partial charge on any atom is 0.419 e. The predicted molar refractivity (Wildman–Crippen MR) is 121 cm³/mol. The molecule has 13 heteroatoms.